The molecule has 194 valence electrons. The second-order valence-corrected chi connectivity index (χ2v) is 9.52. The minimum Gasteiger partial charge on any atom is -0.494 e. The highest BCUT2D eigenvalue weighted by molar-refractivity contribution is 7.80. The lowest BCUT2D eigenvalue weighted by atomic mass is 9.87. The fourth-order valence-corrected chi connectivity index (χ4v) is 4.56. The van der Waals surface area contributed by atoms with Gasteiger partial charge in [0.25, 0.3) is 5.91 Å². The van der Waals surface area contributed by atoms with Crippen molar-refractivity contribution in [1.82, 2.24) is 5.32 Å². The molecule has 0 bridgehead atoms. The van der Waals surface area contributed by atoms with Crippen molar-refractivity contribution in [3.63, 3.8) is 0 Å². The quantitative estimate of drug-likeness (QED) is 0.220. The molecule has 1 fully saturated rings. The summed E-state index contributed by atoms with van der Waals surface area (Å²) in [7, 11) is 0. The van der Waals surface area contributed by atoms with E-state index in [2.05, 4.69) is 10.6 Å². The standard InChI is InChI=1S/C30H34N2O4S/c33-29(24-10-7-13-28(22-24)36-21-20-35-26-11-5-2-6-12-26)32-30(37)31-25-14-16-27(17-15-25)34-19-18-23-8-3-1-4-9-23/h2,5-7,10-17,22-23H,1,3-4,8-9,18-21H2,(H2,31,32,33,37). The molecular weight excluding hydrogens is 484 g/mol. The number of ether oxygens (including phenoxy) is 3. The van der Waals surface area contributed by atoms with E-state index in [9.17, 15) is 4.79 Å². The van der Waals surface area contributed by atoms with Crippen LogP contribution in [0.3, 0.4) is 0 Å². The molecule has 1 aliphatic rings. The first kappa shape index (κ1) is 26.5. The summed E-state index contributed by atoms with van der Waals surface area (Å²) in [5, 5.41) is 5.98. The maximum absolute atomic E-state index is 12.7. The van der Waals surface area contributed by atoms with Crippen molar-refractivity contribution in [2.75, 3.05) is 25.1 Å². The summed E-state index contributed by atoms with van der Waals surface area (Å²) >= 11 is 5.33. The second kappa shape index (κ2) is 14.2. The van der Waals surface area contributed by atoms with E-state index in [0.717, 1.165) is 36.1 Å². The van der Waals surface area contributed by atoms with Crippen LogP contribution in [0.5, 0.6) is 17.2 Å². The average molecular weight is 519 g/mol. The minimum atomic E-state index is -0.314. The fraction of sp³-hybridized carbons (Fsp3) is 0.333. The van der Waals surface area contributed by atoms with Gasteiger partial charge in [-0.15, -0.1) is 0 Å². The zero-order valence-corrected chi connectivity index (χ0v) is 21.8. The first-order valence-corrected chi connectivity index (χ1v) is 13.3. The Balaban J connectivity index is 1.17. The maximum atomic E-state index is 12.7. The molecule has 1 aliphatic carbocycles. The van der Waals surface area contributed by atoms with Crippen LogP contribution in [0.4, 0.5) is 5.69 Å². The monoisotopic (exact) mass is 518 g/mol. The Bertz CT molecular complexity index is 1130. The molecule has 6 nitrogen and oxygen atoms in total. The van der Waals surface area contributed by atoms with Crippen molar-refractivity contribution >= 4 is 28.9 Å². The lowest BCUT2D eigenvalue weighted by Gasteiger charge is -2.21. The largest absolute Gasteiger partial charge is 0.494 e. The summed E-state index contributed by atoms with van der Waals surface area (Å²) in [6, 6.07) is 24.1. The molecule has 0 saturated heterocycles. The normalized spacial score (nSPS) is 13.4. The average Bonchev–Trinajstić information content (AvgIpc) is 2.93. The van der Waals surface area contributed by atoms with Crippen molar-refractivity contribution in [2.24, 2.45) is 5.92 Å². The molecule has 0 heterocycles. The van der Waals surface area contributed by atoms with Crippen LogP contribution >= 0.6 is 12.2 Å². The van der Waals surface area contributed by atoms with Crippen LogP contribution in [0.1, 0.15) is 48.9 Å². The van der Waals surface area contributed by atoms with E-state index in [1.807, 2.05) is 54.6 Å². The SMILES string of the molecule is O=C(NC(=S)Nc1ccc(OCCC2CCCCC2)cc1)c1cccc(OCCOc2ccccc2)c1. The predicted octanol–water partition coefficient (Wildman–Crippen LogP) is 6.62. The predicted molar refractivity (Wildman–Crippen MR) is 151 cm³/mol. The third-order valence-electron chi connectivity index (χ3n) is 6.32. The summed E-state index contributed by atoms with van der Waals surface area (Å²) in [6.07, 6.45) is 7.85. The van der Waals surface area contributed by atoms with Gasteiger partial charge in [0.2, 0.25) is 0 Å². The van der Waals surface area contributed by atoms with Crippen LogP contribution in [0.15, 0.2) is 78.9 Å². The Morgan fingerprint density at radius 3 is 2.16 bits per heavy atom. The first-order valence-electron chi connectivity index (χ1n) is 12.9. The minimum absolute atomic E-state index is 0.221. The number of rotatable bonds is 11. The summed E-state index contributed by atoms with van der Waals surface area (Å²) in [5.74, 6) is 2.70. The Morgan fingerprint density at radius 1 is 0.757 bits per heavy atom. The molecule has 4 rings (SSSR count). The van der Waals surface area contributed by atoms with E-state index in [1.54, 1.807) is 24.3 Å². The number of hydrogen-bond acceptors (Lipinski definition) is 5. The lowest BCUT2D eigenvalue weighted by molar-refractivity contribution is 0.0977. The Kier molecular flexibility index (Phi) is 10.2. The molecule has 0 aromatic heterocycles. The van der Waals surface area contributed by atoms with Gasteiger partial charge in [0.1, 0.15) is 30.5 Å². The van der Waals surface area contributed by atoms with Gasteiger partial charge < -0.3 is 19.5 Å². The summed E-state index contributed by atoms with van der Waals surface area (Å²) in [4.78, 5) is 12.7. The third kappa shape index (κ3) is 9.10. The highest BCUT2D eigenvalue weighted by atomic mass is 32.1. The number of amides is 1. The van der Waals surface area contributed by atoms with E-state index < -0.39 is 0 Å². The molecule has 1 amide bonds. The highest BCUT2D eigenvalue weighted by Gasteiger charge is 2.13. The molecule has 0 aliphatic heterocycles. The number of carbonyl (C=O) groups excluding carboxylic acids is 1. The molecule has 3 aromatic rings. The van der Waals surface area contributed by atoms with E-state index in [-0.39, 0.29) is 11.0 Å². The van der Waals surface area contributed by atoms with Crippen molar-refractivity contribution in [1.29, 1.82) is 0 Å². The van der Waals surface area contributed by atoms with Gasteiger partial charge in [-0.25, -0.2) is 0 Å². The molecule has 7 heteroatoms. The fourth-order valence-electron chi connectivity index (χ4n) is 4.35. The second-order valence-electron chi connectivity index (χ2n) is 9.11. The number of nitrogens with one attached hydrogen (secondary N) is 2. The van der Waals surface area contributed by atoms with Crippen LogP contribution in [-0.4, -0.2) is 30.8 Å². The Morgan fingerprint density at radius 2 is 1.41 bits per heavy atom. The molecule has 0 atom stereocenters. The summed E-state index contributed by atoms with van der Waals surface area (Å²) < 4.78 is 17.3. The molecule has 1 saturated carbocycles. The molecule has 0 unspecified atom stereocenters. The van der Waals surface area contributed by atoms with Gasteiger partial charge in [-0.1, -0.05) is 56.4 Å². The topological polar surface area (TPSA) is 68.8 Å². The van der Waals surface area contributed by atoms with Gasteiger partial charge in [0.15, 0.2) is 5.11 Å². The van der Waals surface area contributed by atoms with E-state index in [1.165, 1.54) is 32.1 Å². The number of para-hydroxylation sites is 1. The summed E-state index contributed by atoms with van der Waals surface area (Å²) in [5.41, 5.74) is 1.23. The molecule has 0 spiro atoms. The van der Waals surface area contributed by atoms with Gasteiger partial charge in [0.05, 0.1) is 6.61 Å². The smallest absolute Gasteiger partial charge is 0.257 e. The summed E-state index contributed by atoms with van der Waals surface area (Å²) in [6.45, 7) is 1.51. The van der Waals surface area contributed by atoms with Gasteiger partial charge in [-0.3, -0.25) is 10.1 Å². The molecular formula is C30H34N2O4S. The van der Waals surface area contributed by atoms with Crippen LogP contribution in [0.25, 0.3) is 0 Å². The van der Waals surface area contributed by atoms with Crippen molar-refractivity contribution < 1.29 is 19.0 Å². The van der Waals surface area contributed by atoms with Crippen LogP contribution in [0.2, 0.25) is 0 Å². The number of hydrogen-bond donors (Lipinski definition) is 2. The molecule has 37 heavy (non-hydrogen) atoms. The van der Waals surface area contributed by atoms with Gasteiger partial charge >= 0.3 is 0 Å². The van der Waals surface area contributed by atoms with Gasteiger partial charge in [0, 0.05) is 11.3 Å². The van der Waals surface area contributed by atoms with Gasteiger partial charge in [-0.05, 0) is 79.2 Å². The first-order chi connectivity index (χ1) is 18.2. The maximum Gasteiger partial charge on any atom is 0.257 e. The van der Waals surface area contributed by atoms with Crippen molar-refractivity contribution in [2.45, 2.75) is 38.5 Å². The van der Waals surface area contributed by atoms with Crippen LogP contribution in [0, 0.1) is 5.92 Å². The van der Waals surface area contributed by atoms with E-state index in [4.69, 9.17) is 26.4 Å². The Labute approximate surface area is 224 Å². The number of thiocarbonyl (C=S) groups is 1. The van der Waals surface area contributed by atoms with Crippen molar-refractivity contribution in [3.05, 3.63) is 84.4 Å². The molecule has 3 aromatic carbocycles. The molecule has 2 N–H and O–H groups in total. The lowest BCUT2D eigenvalue weighted by Crippen LogP contribution is -2.34. The highest BCUT2D eigenvalue weighted by Crippen LogP contribution is 2.26. The Hall–Kier alpha value is -3.58. The number of anilines is 1. The zero-order chi connectivity index (χ0) is 25.7. The molecule has 0 radical (unpaired) electrons. The number of benzene rings is 3. The number of carbonyl (C=O) groups is 1. The van der Waals surface area contributed by atoms with E-state index in [0.29, 0.717) is 24.5 Å². The van der Waals surface area contributed by atoms with Crippen LogP contribution in [-0.2, 0) is 0 Å². The third-order valence-corrected chi connectivity index (χ3v) is 6.52. The van der Waals surface area contributed by atoms with Crippen LogP contribution < -0.4 is 24.8 Å². The van der Waals surface area contributed by atoms with Crippen molar-refractivity contribution in [3.8, 4) is 17.2 Å². The zero-order valence-electron chi connectivity index (χ0n) is 21.0. The van der Waals surface area contributed by atoms with Gasteiger partial charge in [-0.2, -0.15) is 0 Å². The van der Waals surface area contributed by atoms with E-state index >= 15 is 0 Å².